The molecule has 8 heteroatoms. The minimum atomic E-state index is -0.404. The molecule has 1 amide bonds. The summed E-state index contributed by atoms with van der Waals surface area (Å²) in [6, 6.07) is 10.3. The summed E-state index contributed by atoms with van der Waals surface area (Å²) in [5, 5.41) is 7.49. The number of hydrogen-bond acceptors (Lipinski definition) is 3. The van der Waals surface area contributed by atoms with Crippen molar-refractivity contribution in [3.63, 3.8) is 0 Å². The van der Waals surface area contributed by atoms with Crippen LogP contribution in [0, 0.1) is 11.6 Å². The Balaban J connectivity index is 1.30. The van der Waals surface area contributed by atoms with Gasteiger partial charge in [-0.2, -0.15) is 5.10 Å². The maximum Gasteiger partial charge on any atom is 0.234 e. The molecule has 0 saturated carbocycles. The number of hydrogen-bond donors (Lipinski definition) is 1. The van der Waals surface area contributed by atoms with E-state index >= 15 is 0 Å². The lowest BCUT2D eigenvalue weighted by Gasteiger charge is -2.25. The summed E-state index contributed by atoms with van der Waals surface area (Å²) in [5.41, 5.74) is 3.65. The van der Waals surface area contributed by atoms with Crippen molar-refractivity contribution in [1.82, 2.24) is 20.0 Å². The van der Waals surface area contributed by atoms with Crippen molar-refractivity contribution in [3.05, 3.63) is 88.7 Å². The van der Waals surface area contributed by atoms with Gasteiger partial charge in [-0.1, -0.05) is 23.7 Å². The lowest BCUT2D eigenvalue weighted by atomic mass is 10.0. The lowest BCUT2D eigenvalue weighted by Crippen LogP contribution is -2.39. The molecule has 4 rings (SSSR count). The zero-order valence-corrected chi connectivity index (χ0v) is 17.4. The summed E-state index contributed by atoms with van der Waals surface area (Å²) in [6.07, 6.45) is 6.61. The van der Waals surface area contributed by atoms with E-state index in [0.717, 1.165) is 24.2 Å². The summed E-state index contributed by atoms with van der Waals surface area (Å²) < 4.78 is 27.9. The van der Waals surface area contributed by atoms with Crippen LogP contribution < -0.4 is 5.32 Å². The number of aromatic nitrogens is 2. The van der Waals surface area contributed by atoms with Gasteiger partial charge in [-0.05, 0) is 54.0 Å². The van der Waals surface area contributed by atoms with E-state index in [1.165, 1.54) is 29.8 Å². The summed E-state index contributed by atoms with van der Waals surface area (Å²) in [5.74, 6) is -0.795. The van der Waals surface area contributed by atoms with Crippen molar-refractivity contribution < 1.29 is 13.6 Å². The van der Waals surface area contributed by atoms with Gasteiger partial charge >= 0.3 is 0 Å². The standard InChI is InChI=1S/C23H21ClF2N4O/c24-22-11-20(26)2-1-17(22)12-27-23(31)15-29-9-7-16(8-10-29)18-13-28-30(14-18)21-5-3-19(25)4-6-21/h1-7,11,13-14H,8-10,12,15H2,(H,27,31). The second-order valence-electron chi connectivity index (χ2n) is 7.38. The molecule has 0 spiro atoms. The van der Waals surface area contributed by atoms with E-state index < -0.39 is 5.82 Å². The lowest BCUT2D eigenvalue weighted by molar-refractivity contribution is -0.122. The highest BCUT2D eigenvalue weighted by Crippen LogP contribution is 2.23. The molecular formula is C23H21ClF2N4O. The van der Waals surface area contributed by atoms with Crippen molar-refractivity contribution in [1.29, 1.82) is 0 Å². The molecule has 0 bridgehead atoms. The molecule has 0 aliphatic carbocycles. The first kappa shape index (κ1) is 21.2. The number of carbonyl (C=O) groups excluding carboxylic acids is 1. The van der Waals surface area contributed by atoms with Crippen LogP contribution in [0.3, 0.4) is 0 Å². The number of carbonyl (C=O) groups is 1. The highest BCUT2D eigenvalue weighted by Gasteiger charge is 2.17. The average molecular weight is 443 g/mol. The third-order valence-corrected chi connectivity index (χ3v) is 5.55. The molecule has 0 atom stereocenters. The van der Waals surface area contributed by atoms with Gasteiger partial charge in [-0.25, -0.2) is 13.5 Å². The maximum absolute atomic E-state index is 13.1. The van der Waals surface area contributed by atoms with E-state index in [4.69, 9.17) is 11.6 Å². The fourth-order valence-corrected chi connectivity index (χ4v) is 3.69. The molecule has 5 nitrogen and oxygen atoms in total. The van der Waals surface area contributed by atoms with Crippen LogP contribution in [0.5, 0.6) is 0 Å². The van der Waals surface area contributed by atoms with Crippen LogP contribution in [0.15, 0.2) is 60.9 Å². The zero-order valence-electron chi connectivity index (χ0n) is 16.7. The predicted octanol–water partition coefficient (Wildman–Crippen LogP) is 4.21. The van der Waals surface area contributed by atoms with Gasteiger partial charge in [0.15, 0.2) is 0 Å². The fraction of sp³-hybridized carbons (Fsp3) is 0.217. The molecule has 3 aromatic rings. The molecule has 1 aliphatic heterocycles. The van der Waals surface area contributed by atoms with E-state index in [1.807, 2.05) is 6.20 Å². The SMILES string of the molecule is O=C(CN1CC=C(c2cnn(-c3ccc(F)cc3)c2)CC1)NCc1ccc(F)cc1Cl. The summed E-state index contributed by atoms with van der Waals surface area (Å²) in [4.78, 5) is 14.3. The Bertz CT molecular complexity index is 1110. The van der Waals surface area contributed by atoms with Crippen LogP contribution in [-0.4, -0.2) is 40.2 Å². The van der Waals surface area contributed by atoms with Crippen molar-refractivity contribution in [2.24, 2.45) is 0 Å². The number of nitrogens with zero attached hydrogens (tertiary/aromatic N) is 3. The Morgan fingerprint density at radius 1 is 1.13 bits per heavy atom. The van der Waals surface area contributed by atoms with Crippen molar-refractivity contribution in [2.45, 2.75) is 13.0 Å². The van der Waals surface area contributed by atoms with Gasteiger partial charge in [0.05, 0.1) is 18.4 Å². The molecular weight excluding hydrogens is 422 g/mol. The van der Waals surface area contributed by atoms with Crippen molar-refractivity contribution in [3.8, 4) is 5.69 Å². The number of halogens is 3. The van der Waals surface area contributed by atoms with Gasteiger partial charge in [0.2, 0.25) is 5.91 Å². The first-order valence-electron chi connectivity index (χ1n) is 9.91. The second kappa shape index (κ2) is 9.41. The van der Waals surface area contributed by atoms with E-state index in [9.17, 15) is 13.6 Å². The molecule has 1 aromatic heterocycles. The minimum Gasteiger partial charge on any atom is -0.351 e. The third kappa shape index (κ3) is 5.37. The van der Waals surface area contributed by atoms with Crippen LogP contribution in [0.2, 0.25) is 5.02 Å². The second-order valence-corrected chi connectivity index (χ2v) is 7.78. The first-order valence-corrected chi connectivity index (χ1v) is 10.3. The molecule has 0 unspecified atom stereocenters. The van der Waals surface area contributed by atoms with Gasteiger partial charge in [0.25, 0.3) is 0 Å². The summed E-state index contributed by atoms with van der Waals surface area (Å²) in [7, 11) is 0. The van der Waals surface area contributed by atoms with Gasteiger partial charge in [-0.3, -0.25) is 9.69 Å². The first-order chi connectivity index (χ1) is 15.0. The number of nitrogens with one attached hydrogen (secondary N) is 1. The molecule has 2 aromatic carbocycles. The Hall–Kier alpha value is -3.03. The monoisotopic (exact) mass is 442 g/mol. The average Bonchev–Trinajstić information content (AvgIpc) is 3.24. The molecule has 0 radical (unpaired) electrons. The third-order valence-electron chi connectivity index (χ3n) is 5.20. The Kier molecular flexibility index (Phi) is 6.44. The topological polar surface area (TPSA) is 50.2 Å². The highest BCUT2D eigenvalue weighted by molar-refractivity contribution is 6.31. The Morgan fingerprint density at radius 3 is 2.61 bits per heavy atom. The van der Waals surface area contributed by atoms with E-state index in [-0.39, 0.29) is 24.8 Å². The quantitative estimate of drug-likeness (QED) is 0.622. The number of benzene rings is 2. The van der Waals surface area contributed by atoms with Gasteiger partial charge < -0.3 is 5.32 Å². The zero-order chi connectivity index (χ0) is 21.8. The van der Waals surface area contributed by atoms with E-state index in [1.54, 1.807) is 29.1 Å². The molecule has 0 saturated heterocycles. The Morgan fingerprint density at radius 2 is 1.90 bits per heavy atom. The fourth-order valence-electron chi connectivity index (χ4n) is 3.46. The summed E-state index contributed by atoms with van der Waals surface area (Å²) in [6.45, 7) is 1.94. The predicted molar refractivity (Wildman–Crippen MR) is 116 cm³/mol. The number of rotatable bonds is 6. The minimum absolute atomic E-state index is 0.110. The normalized spacial score (nSPS) is 14.4. The van der Waals surface area contributed by atoms with Crippen LogP contribution in [0.4, 0.5) is 8.78 Å². The molecule has 2 heterocycles. The highest BCUT2D eigenvalue weighted by atomic mass is 35.5. The van der Waals surface area contributed by atoms with Gasteiger partial charge in [0.1, 0.15) is 11.6 Å². The van der Waals surface area contributed by atoms with Gasteiger partial charge in [0, 0.05) is 36.4 Å². The number of amides is 1. The van der Waals surface area contributed by atoms with Crippen LogP contribution in [0.1, 0.15) is 17.5 Å². The Labute approximate surface area is 183 Å². The van der Waals surface area contributed by atoms with Crippen molar-refractivity contribution in [2.75, 3.05) is 19.6 Å². The van der Waals surface area contributed by atoms with Crippen LogP contribution >= 0.6 is 11.6 Å². The molecule has 1 aliphatic rings. The van der Waals surface area contributed by atoms with Gasteiger partial charge in [-0.15, -0.1) is 0 Å². The van der Waals surface area contributed by atoms with Crippen LogP contribution in [0.25, 0.3) is 11.3 Å². The maximum atomic E-state index is 13.1. The largest absolute Gasteiger partial charge is 0.351 e. The van der Waals surface area contributed by atoms with Crippen LogP contribution in [-0.2, 0) is 11.3 Å². The molecule has 1 N–H and O–H groups in total. The molecule has 31 heavy (non-hydrogen) atoms. The van der Waals surface area contributed by atoms with E-state index in [2.05, 4.69) is 21.4 Å². The van der Waals surface area contributed by atoms with E-state index in [0.29, 0.717) is 17.1 Å². The summed E-state index contributed by atoms with van der Waals surface area (Å²) >= 11 is 5.99. The molecule has 160 valence electrons. The van der Waals surface area contributed by atoms with Crippen molar-refractivity contribution >= 4 is 23.1 Å². The smallest absolute Gasteiger partial charge is 0.234 e. The molecule has 0 fully saturated rings.